The standard InChI is InChI=1S/C21H29N3O4/c1-22-17-6-3-4-8-19(17)28-15-9-10-16-14(12-15)13-24(21(16)27)18(7-5-11-25)20(26)23-2/h9-12,17-19,22H,3-8,13H2,1-2H3,(H,23,26). The first-order valence-electron chi connectivity index (χ1n) is 10.0. The SMILES string of the molecule is CNC(=O)C(CCC=O)N1Cc2cc(OC3CCCCC3NC)ccc2C1=O. The second kappa shape index (κ2) is 9.19. The van der Waals surface area contributed by atoms with Gasteiger partial charge >= 0.3 is 0 Å². The molecule has 2 amide bonds. The van der Waals surface area contributed by atoms with E-state index in [4.69, 9.17) is 4.74 Å². The molecule has 28 heavy (non-hydrogen) atoms. The molecule has 152 valence electrons. The summed E-state index contributed by atoms with van der Waals surface area (Å²) in [4.78, 5) is 37.4. The molecule has 1 heterocycles. The Morgan fingerprint density at radius 1 is 1.32 bits per heavy atom. The largest absolute Gasteiger partial charge is 0.489 e. The van der Waals surface area contributed by atoms with Gasteiger partial charge in [-0.1, -0.05) is 6.42 Å². The molecule has 2 aliphatic rings. The van der Waals surface area contributed by atoms with Gasteiger partial charge in [-0.25, -0.2) is 0 Å². The average Bonchev–Trinajstić information content (AvgIpc) is 3.04. The number of nitrogens with zero attached hydrogens (tertiary/aromatic N) is 1. The van der Waals surface area contributed by atoms with Crippen LogP contribution >= 0.6 is 0 Å². The van der Waals surface area contributed by atoms with Gasteiger partial charge in [0.15, 0.2) is 0 Å². The Morgan fingerprint density at radius 2 is 2.11 bits per heavy atom. The summed E-state index contributed by atoms with van der Waals surface area (Å²) < 4.78 is 6.23. The van der Waals surface area contributed by atoms with Gasteiger partial charge in [-0.05, 0) is 56.5 Å². The lowest BCUT2D eigenvalue weighted by Crippen LogP contribution is -2.46. The molecule has 0 saturated heterocycles. The normalized spacial score (nSPS) is 22.5. The van der Waals surface area contributed by atoms with Crippen molar-refractivity contribution in [2.24, 2.45) is 0 Å². The lowest BCUT2D eigenvalue weighted by Gasteiger charge is -2.31. The minimum atomic E-state index is -0.647. The van der Waals surface area contributed by atoms with Crippen molar-refractivity contribution in [2.45, 2.75) is 63.3 Å². The van der Waals surface area contributed by atoms with Gasteiger partial charge in [-0.15, -0.1) is 0 Å². The van der Waals surface area contributed by atoms with Crippen molar-refractivity contribution in [3.63, 3.8) is 0 Å². The summed E-state index contributed by atoms with van der Waals surface area (Å²) in [5.41, 5.74) is 1.46. The van der Waals surface area contributed by atoms with Crippen molar-refractivity contribution in [1.82, 2.24) is 15.5 Å². The molecule has 7 heteroatoms. The molecule has 1 aromatic rings. The van der Waals surface area contributed by atoms with E-state index >= 15 is 0 Å². The average molecular weight is 387 g/mol. The van der Waals surface area contributed by atoms with Gasteiger partial charge in [0.1, 0.15) is 24.2 Å². The molecule has 0 spiro atoms. The smallest absolute Gasteiger partial charge is 0.255 e. The predicted molar refractivity (Wildman–Crippen MR) is 105 cm³/mol. The van der Waals surface area contributed by atoms with Gasteiger partial charge in [-0.2, -0.15) is 0 Å². The molecule has 3 rings (SSSR count). The third-order valence-electron chi connectivity index (χ3n) is 5.75. The molecule has 0 radical (unpaired) electrons. The summed E-state index contributed by atoms with van der Waals surface area (Å²) >= 11 is 0. The van der Waals surface area contributed by atoms with Gasteiger partial charge in [0.2, 0.25) is 5.91 Å². The molecule has 1 aromatic carbocycles. The molecular weight excluding hydrogens is 358 g/mol. The van der Waals surface area contributed by atoms with Crippen LogP contribution in [-0.4, -0.2) is 55.3 Å². The summed E-state index contributed by atoms with van der Waals surface area (Å²) in [6.07, 6.45) is 5.93. The zero-order valence-electron chi connectivity index (χ0n) is 16.6. The van der Waals surface area contributed by atoms with Crippen LogP contribution < -0.4 is 15.4 Å². The van der Waals surface area contributed by atoms with Crippen LogP contribution in [-0.2, 0) is 16.1 Å². The highest BCUT2D eigenvalue weighted by Gasteiger charge is 2.36. The van der Waals surface area contributed by atoms with E-state index in [1.165, 1.54) is 13.5 Å². The fourth-order valence-corrected chi connectivity index (χ4v) is 4.21. The van der Waals surface area contributed by atoms with E-state index in [1.54, 1.807) is 11.0 Å². The summed E-state index contributed by atoms with van der Waals surface area (Å²) in [6, 6.07) is 5.22. The molecule has 2 N–H and O–H groups in total. The highest BCUT2D eigenvalue weighted by atomic mass is 16.5. The minimum Gasteiger partial charge on any atom is -0.489 e. The number of amides is 2. The Labute approximate surface area is 165 Å². The predicted octanol–water partition coefficient (Wildman–Crippen LogP) is 1.65. The number of carbonyl (C=O) groups is 3. The van der Waals surface area contributed by atoms with Crippen molar-refractivity contribution >= 4 is 18.1 Å². The van der Waals surface area contributed by atoms with Crippen LogP contribution in [0.2, 0.25) is 0 Å². The van der Waals surface area contributed by atoms with E-state index in [0.717, 1.165) is 36.9 Å². The zero-order chi connectivity index (χ0) is 20.1. The van der Waals surface area contributed by atoms with Crippen LogP contribution in [0.5, 0.6) is 5.75 Å². The minimum absolute atomic E-state index is 0.121. The van der Waals surface area contributed by atoms with Crippen molar-refractivity contribution < 1.29 is 19.1 Å². The summed E-state index contributed by atoms with van der Waals surface area (Å²) in [6.45, 7) is 0.350. The van der Waals surface area contributed by atoms with Crippen molar-refractivity contribution in [2.75, 3.05) is 14.1 Å². The number of rotatable bonds is 8. The van der Waals surface area contributed by atoms with Crippen molar-refractivity contribution in [3.05, 3.63) is 29.3 Å². The topological polar surface area (TPSA) is 87.7 Å². The molecule has 3 unspecified atom stereocenters. The van der Waals surface area contributed by atoms with E-state index in [2.05, 4.69) is 10.6 Å². The molecule has 1 saturated carbocycles. The number of likely N-dealkylation sites (N-methyl/N-ethyl adjacent to an activating group) is 2. The second-order valence-electron chi connectivity index (χ2n) is 7.46. The van der Waals surface area contributed by atoms with Gasteiger partial charge in [0, 0.05) is 31.6 Å². The second-order valence-corrected chi connectivity index (χ2v) is 7.46. The number of aldehydes is 1. The maximum absolute atomic E-state index is 12.8. The quantitative estimate of drug-likeness (QED) is 0.662. The molecule has 0 aromatic heterocycles. The fraction of sp³-hybridized carbons (Fsp3) is 0.571. The Bertz CT molecular complexity index is 736. The van der Waals surface area contributed by atoms with E-state index in [-0.39, 0.29) is 24.3 Å². The van der Waals surface area contributed by atoms with Gasteiger partial charge in [0.25, 0.3) is 5.91 Å². The first-order valence-corrected chi connectivity index (χ1v) is 10.0. The molecule has 7 nitrogen and oxygen atoms in total. The lowest BCUT2D eigenvalue weighted by atomic mass is 9.92. The van der Waals surface area contributed by atoms with Gasteiger partial charge in [0.05, 0.1) is 0 Å². The number of carbonyl (C=O) groups excluding carboxylic acids is 3. The van der Waals surface area contributed by atoms with Crippen LogP contribution in [0.3, 0.4) is 0 Å². The van der Waals surface area contributed by atoms with Crippen molar-refractivity contribution in [1.29, 1.82) is 0 Å². The highest BCUT2D eigenvalue weighted by molar-refractivity contribution is 6.01. The molecular formula is C21H29N3O4. The first kappa shape index (κ1) is 20.3. The van der Waals surface area contributed by atoms with Crippen LogP contribution in [0, 0.1) is 0 Å². The maximum atomic E-state index is 12.8. The number of hydrogen-bond donors (Lipinski definition) is 2. The molecule has 0 bridgehead atoms. The Balaban J connectivity index is 1.75. The molecule has 1 aliphatic carbocycles. The Kier molecular flexibility index (Phi) is 6.67. The zero-order valence-corrected chi connectivity index (χ0v) is 16.6. The first-order chi connectivity index (χ1) is 13.6. The molecule has 1 aliphatic heterocycles. The lowest BCUT2D eigenvalue weighted by molar-refractivity contribution is -0.125. The van der Waals surface area contributed by atoms with Crippen LogP contribution in [0.1, 0.15) is 54.4 Å². The number of nitrogens with one attached hydrogen (secondary N) is 2. The highest BCUT2D eigenvalue weighted by Crippen LogP contribution is 2.31. The monoisotopic (exact) mass is 387 g/mol. The summed E-state index contributed by atoms with van der Waals surface area (Å²) in [7, 11) is 3.50. The number of fused-ring (bicyclic) bond motifs is 1. The van der Waals surface area contributed by atoms with E-state index in [1.807, 2.05) is 19.2 Å². The maximum Gasteiger partial charge on any atom is 0.255 e. The molecule has 1 fully saturated rings. The van der Waals surface area contributed by atoms with Gasteiger partial charge < -0.3 is 25.1 Å². The summed E-state index contributed by atoms with van der Waals surface area (Å²) in [5.74, 6) is 0.329. The van der Waals surface area contributed by atoms with Crippen LogP contribution in [0.25, 0.3) is 0 Å². The number of benzene rings is 1. The molecule has 3 atom stereocenters. The van der Waals surface area contributed by atoms with Crippen LogP contribution in [0.15, 0.2) is 18.2 Å². The summed E-state index contributed by atoms with van der Waals surface area (Å²) in [5, 5.41) is 5.93. The third-order valence-corrected chi connectivity index (χ3v) is 5.75. The van der Waals surface area contributed by atoms with Crippen LogP contribution in [0.4, 0.5) is 0 Å². The fourth-order valence-electron chi connectivity index (χ4n) is 4.21. The Hall–Kier alpha value is -2.41. The van der Waals surface area contributed by atoms with E-state index in [9.17, 15) is 14.4 Å². The Morgan fingerprint density at radius 3 is 2.82 bits per heavy atom. The van der Waals surface area contributed by atoms with Gasteiger partial charge in [-0.3, -0.25) is 9.59 Å². The van der Waals surface area contributed by atoms with E-state index < -0.39 is 6.04 Å². The number of ether oxygens (including phenoxy) is 1. The van der Waals surface area contributed by atoms with E-state index in [0.29, 0.717) is 24.6 Å². The third kappa shape index (κ3) is 4.19. The number of hydrogen-bond acceptors (Lipinski definition) is 5. The van der Waals surface area contributed by atoms with Crippen molar-refractivity contribution in [3.8, 4) is 5.75 Å².